The van der Waals surface area contributed by atoms with Crippen LogP contribution in [0.5, 0.6) is 0 Å². The van der Waals surface area contributed by atoms with Crippen molar-refractivity contribution in [2.75, 3.05) is 24.6 Å². The van der Waals surface area contributed by atoms with Gasteiger partial charge in [0.1, 0.15) is 0 Å². The molecule has 0 radical (unpaired) electrons. The molecule has 21 heavy (non-hydrogen) atoms. The van der Waals surface area contributed by atoms with E-state index in [4.69, 9.17) is 5.11 Å². The molecule has 1 aliphatic heterocycles. The lowest BCUT2D eigenvalue weighted by Crippen LogP contribution is -2.35. The Bertz CT molecular complexity index is 470. The van der Waals surface area contributed by atoms with E-state index in [9.17, 15) is 0 Å². The molecule has 1 unspecified atom stereocenters. The number of benzene rings is 1. The number of halogens is 1. The first-order valence-corrected chi connectivity index (χ1v) is 8.57. The van der Waals surface area contributed by atoms with E-state index in [2.05, 4.69) is 65.1 Å². The summed E-state index contributed by atoms with van der Waals surface area (Å²) < 4.78 is 1.13. The summed E-state index contributed by atoms with van der Waals surface area (Å²) >= 11 is 3.58. The van der Waals surface area contributed by atoms with Gasteiger partial charge >= 0.3 is 0 Å². The van der Waals surface area contributed by atoms with Gasteiger partial charge in [-0.3, -0.25) is 0 Å². The first-order chi connectivity index (χ1) is 9.89. The number of aliphatic hydroxyl groups excluding tert-OH is 1. The standard InChI is InChI=1S/C17H27BrN2O/c1-17(2,3)19-11-14-10-15(18)4-5-16(14)20-8-6-13(12-20)7-9-21/h4-5,10,13,19,21H,6-9,11-12H2,1-3H3. The van der Waals surface area contributed by atoms with Gasteiger partial charge in [0, 0.05) is 41.9 Å². The summed E-state index contributed by atoms with van der Waals surface area (Å²) in [5, 5.41) is 12.7. The smallest absolute Gasteiger partial charge is 0.0434 e. The molecule has 0 amide bonds. The van der Waals surface area contributed by atoms with Crippen LogP contribution in [0.4, 0.5) is 5.69 Å². The van der Waals surface area contributed by atoms with Crippen molar-refractivity contribution < 1.29 is 5.11 Å². The van der Waals surface area contributed by atoms with E-state index in [0.717, 1.165) is 30.5 Å². The monoisotopic (exact) mass is 354 g/mol. The van der Waals surface area contributed by atoms with Gasteiger partial charge in [0.05, 0.1) is 0 Å². The van der Waals surface area contributed by atoms with E-state index in [-0.39, 0.29) is 5.54 Å². The van der Waals surface area contributed by atoms with Gasteiger partial charge in [0.25, 0.3) is 0 Å². The average Bonchev–Trinajstić information content (AvgIpc) is 2.84. The van der Waals surface area contributed by atoms with E-state index in [1.807, 2.05) is 0 Å². The highest BCUT2D eigenvalue weighted by Gasteiger charge is 2.24. The largest absolute Gasteiger partial charge is 0.396 e. The summed E-state index contributed by atoms with van der Waals surface area (Å²) in [6.45, 7) is 9.91. The van der Waals surface area contributed by atoms with Gasteiger partial charge in [-0.25, -0.2) is 0 Å². The highest BCUT2D eigenvalue weighted by molar-refractivity contribution is 9.10. The van der Waals surface area contributed by atoms with E-state index in [1.165, 1.54) is 17.7 Å². The third kappa shape index (κ3) is 4.97. The van der Waals surface area contributed by atoms with Crippen LogP contribution in [-0.4, -0.2) is 30.3 Å². The van der Waals surface area contributed by atoms with Crippen LogP contribution < -0.4 is 10.2 Å². The van der Waals surface area contributed by atoms with Crippen molar-refractivity contribution in [3.8, 4) is 0 Å². The Balaban J connectivity index is 2.12. The predicted molar refractivity (Wildman–Crippen MR) is 92.8 cm³/mol. The summed E-state index contributed by atoms with van der Waals surface area (Å²) in [5.74, 6) is 0.627. The summed E-state index contributed by atoms with van der Waals surface area (Å²) in [6.07, 6.45) is 2.10. The molecule has 118 valence electrons. The van der Waals surface area contributed by atoms with Crippen molar-refractivity contribution in [3.05, 3.63) is 28.2 Å². The van der Waals surface area contributed by atoms with Gasteiger partial charge in [-0.2, -0.15) is 0 Å². The van der Waals surface area contributed by atoms with Crippen molar-refractivity contribution in [2.45, 2.75) is 45.7 Å². The number of rotatable bonds is 5. The molecule has 1 fully saturated rings. The van der Waals surface area contributed by atoms with Crippen molar-refractivity contribution in [3.63, 3.8) is 0 Å². The quantitative estimate of drug-likeness (QED) is 0.848. The van der Waals surface area contributed by atoms with Crippen LogP contribution in [0.3, 0.4) is 0 Å². The second-order valence-corrected chi connectivity index (χ2v) is 7.91. The minimum absolute atomic E-state index is 0.115. The van der Waals surface area contributed by atoms with Crippen molar-refractivity contribution in [1.29, 1.82) is 0 Å². The van der Waals surface area contributed by atoms with Gasteiger partial charge < -0.3 is 15.3 Å². The van der Waals surface area contributed by atoms with Crippen molar-refractivity contribution in [2.24, 2.45) is 5.92 Å². The number of anilines is 1. The molecule has 2 rings (SSSR count). The third-order valence-corrected chi connectivity index (χ3v) is 4.51. The predicted octanol–water partition coefficient (Wildman–Crippen LogP) is 3.55. The van der Waals surface area contributed by atoms with Crippen molar-refractivity contribution in [1.82, 2.24) is 5.32 Å². The molecular weight excluding hydrogens is 328 g/mol. The normalized spacial score (nSPS) is 19.3. The fourth-order valence-electron chi connectivity index (χ4n) is 2.83. The lowest BCUT2D eigenvalue weighted by Gasteiger charge is -2.26. The van der Waals surface area contributed by atoms with Gasteiger partial charge in [-0.1, -0.05) is 15.9 Å². The molecule has 0 aromatic heterocycles. The van der Waals surface area contributed by atoms with Crippen LogP contribution in [0.25, 0.3) is 0 Å². The zero-order valence-corrected chi connectivity index (χ0v) is 14.9. The maximum Gasteiger partial charge on any atom is 0.0434 e. The Morgan fingerprint density at radius 1 is 1.38 bits per heavy atom. The molecule has 1 saturated heterocycles. The Morgan fingerprint density at radius 2 is 2.14 bits per heavy atom. The summed E-state index contributed by atoms with van der Waals surface area (Å²) in [4.78, 5) is 2.46. The van der Waals surface area contributed by atoms with Crippen LogP contribution in [0.15, 0.2) is 22.7 Å². The van der Waals surface area contributed by atoms with Gasteiger partial charge in [-0.15, -0.1) is 0 Å². The molecule has 1 aromatic rings. The maximum absolute atomic E-state index is 9.11. The van der Waals surface area contributed by atoms with Crippen LogP contribution in [0.1, 0.15) is 39.2 Å². The zero-order valence-electron chi connectivity index (χ0n) is 13.3. The fraction of sp³-hybridized carbons (Fsp3) is 0.647. The molecular formula is C17H27BrN2O. The molecule has 0 aliphatic carbocycles. The summed E-state index contributed by atoms with van der Waals surface area (Å²) in [7, 11) is 0. The Labute approximate surface area is 136 Å². The molecule has 1 heterocycles. The van der Waals surface area contributed by atoms with Crippen LogP contribution in [0.2, 0.25) is 0 Å². The molecule has 0 spiro atoms. The fourth-order valence-corrected chi connectivity index (χ4v) is 3.24. The minimum atomic E-state index is 0.115. The number of aliphatic hydroxyl groups is 1. The van der Waals surface area contributed by atoms with Crippen LogP contribution in [0, 0.1) is 5.92 Å². The second-order valence-electron chi connectivity index (χ2n) is 6.99. The summed E-state index contributed by atoms with van der Waals surface area (Å²) in [5.41, 5.74) is 2.78. The van der Waals surface area contributed by atoms with Gasteiger partial charge in [-0.05, 0) is 63.3 Å². The SMILES string of the molecule is CC(C)(C)NCc1cc(Br)ccc1N1CCC(CCO)C1. The highest BCUT2D eigenvalue weighted by Crippen LogP contribution is 2.30. The average molecular weight is 355 g/mol. The molecule has 2 N–H and O–H groups in total. The van der Waals surface area contributed by atoms with E-state index >= 15 is 0 Å². The molecule has 0 bridgehead atoms. The number of nitrogens with zero attached hydrogens (tertiary/aromatic N) is 1. The zero-order chi connectivity index (χ0) is 15.5. The topological polar surface area (TPSA) is 35.5 Å². The Kier molecular flexibility index (Phi) is 5.69. The van der Waals surface area contributed by atoms with Gasteiger partial charge in [0.2, 0.25) is 0 Å². The van der Waals surface area contributed by atoms with Gasteiger partial charge in [0.15, 0.2) is 0 Å². The summed E-state index contributed by atoms with van der Waals surface area (Å²) in [6, 6.07) is 6.55. The lowest BCUT2D eigenvalue weighted by atomic mass is 10.1. The highest BCUT2D eigenvalue weighted by atomic mass is 79.9. The number of nitrogens with one attached hydrogen (secondary N) is 1. The molecule has 1 atom stereocenters. The molecule has 1 aromatic carbocycles. The molecule has 4 heteroatoms. The molecule has 3 nitrogen and oxygen atoms in total. The molecule has 1 aliphatic rings. The number of hydrogen-bond donors (Lipinski definition) is 2. The van der Waals surface area contributed by atoms with Crippen LogP contribution >= 0.6 is 15.9 Å². The van der Waals surface area contributed by atoms with Crippen LogP contribution in [-0.2, 0) is 6.54 Å². The second kappa shape index (κ2) is 7.12. The minimum Gasteiger partial charge on any atom is -0.396 e. The Morgan fingerprint density at radius 3 is 2.81 bits per heavy atom. The molecule has 0 saturated carbocycles. The Hall–Kier alpha value is -0.580. The van der Waals surface area contributed by atoms with E-state index < -0.39 is 0 Å². The maximum atomic E-state index is 9.11. The first-order valence-electron chi connectivity index (χ1n) is 7.78. The van der Waals surface area contributed by atoms with E-state index in [1.54, 1.807) is 0 Å². The lowest BCUT2D eigenvalue weighted by molar-refractivity contribution is 0.263. The first kappa shape index (κ1) is 16.8. The van der Waals surface area contributed by atoms with Crippen molar-refractivity contribution >= 4 is 21.6 Å². The van der Waals surface area contributed by atoms with E-state index in [0.29, 0.717) is 12.5 Å². The third-order valence-electron chi connectivity index (χ3n) is 4.01. The number of hydrogen-bond acceptors (Lipinski definition) is 3.